The topological polar surface area (TPSA) is 54.7 Å². The molecule has 1 N–H and O–H groups in total. The van der Waals surface area contributed by atoms with Crippen molar-refractivity contribution >= 4 is 11.0 Å². The van der Waals surface area contributed by atoms with Crippen LogP contribution in [0.4, 0.5) is 0 Å². The predicted octanol–water partition coefficient (Wildman–Crippen LogP) is 2.53. The summed E-state index contributed by atoms with van der Waals surface area (Å²) in [4.78, 5) is 11.6. The zero-order valence-corrected chi connectivity index (χ0v) is 8.19. The van der Waals surface area contributed by atoms with E-state index in [4.69, 9.17) is 4.42 Å². The summed E-state index contributed by atoms with van der Waals surface area (Å²) < 4.78 is 5.37. The van der Waals surface area contributed by atoms with E-state index in [1.54, 1.807) is 18.7 Å². The number of rotatable bonds is 1. The average Bonchev–Trinajstić information content (AvgIpc) is 2.82. The lowest BCUT2D eigenvalue weighted by atomic mass is 10.3. The molecule has 3 aromatic heterocycles. The minimum atomic E-state index is 0.750. The molecule has 4 nitrogen and oxygen atoms in total. The number of furan rings is 1. The van der Waals surface area contributed by atoms with Crippen LogP contribution in [0, 0.1) is 6.92 Å². The van der Waals surface area contributed by atoms with Crippen LogP contribution in [-0.4, -0.2) is 15.0 Å². The lowest BCUT2D eigenvalue weighted by molar-refractivity contribution is 0.577. The molecule has 4 heteroatoms. The maximum absolute atomic E-state index is 5.37. The van der Waals surface area contributed by atoms with Crippen molar-refractivity contribution in [3.05, 3.63) is 36.4 Å². The van der Waals surface area contributed by atoms with Gasteiger partial charge in [0.25, 0.3) is 0 Å². The molecule has 74 valence electrons. The number of pyridine rings is 1. The van der Waals surface area contributed by atoms with Gasteiger partial charge in [-0.3, -0.25) is 4.98 Å². The van der Waals surface area contributed by atoms with Crippen LogP contribution >= 0.6 is 0 Å². The van der Waals surface area contributed by atoms with Crippen molar-refractivity contribution in [2.45, 2.75) is 6.92 Å². The zero-order chi connectivity index (χ0) is 10.3. The maximum Gasteiger partial charge on any atom is 0.174 e. The maximum atomic E-state index is 5.37. The van der Waals surface area contributed by atoms with Gasteiger partial charge >= 0.3 is 0 Å². The molecule has 0 radical (unpaired) electrons. The van der Waals surface area contributed by atoms with Crippen molar-refractivity contribution in [1.82, 2.24) is 15.0 Å². The molecule has 0 aliphatic heterocycles. The van der Waals surface area contributed by atoms with E-state index >= 15 is 0 Å². The molecule has 0 atom stereocenters. The Morgan fingerprint density at radius 2 is 2.27 bits per heavy atom. The molecule has 15 heavy (non-hydrogen) atoms. The normalized spacial score (nSPS) is 11.0. The minimum absolute atomic E-state index is 0.750. The van der Waals surface area contributed by atoms with Crippen LogP contribution in [0.5, 0.6) is 0 Å². The molecule has 3 heterocycles. The highest BCUT2D eigenvalue weighted by atomic mass is 16.3. The van der Waals surface area contributed by atoms with E-state index in [-0.39, 0.29) is 0 Å². The fourth-order valence-electron chi connectivity index (χ4n) is 1.58. The molecule has 0 saturated carbocycles. The highest BCUT2D eigenvalue weighted by molar-refractivity contribution is 5.77. The molecule has 0 saturated heterocycles. The molecule has 0 amide bonds. The van der Waals surface area contributed by atoms with Crippen LogP contribution < -0.4 is 0 Å². The van der Waals surface area contributed by atoms with Crippen LogP contribution in [0.3, 0.4) is 0 Å². The summed E-state index contributed by atoms with van der Waals surface area (Å²) in [6, 6.07) is 3.79. The Labute approximate surface area is 86.0 Å². The third-order valence-electron chi connectivity index (χ3n) is 2.36. The van der Waals surface area contributed by atoms with Crippen molar-refractivity contribution in [2.24, 2.45) is 0 Å². The van der Waals surface area contributed by atoms with Gasteiger partial charge in [-0.1, -0.05) is 0 Å². The first kappa shape index (κ1) is 8.23. The van der Waals surface area contributed by atoms with E-state index in [1.807, 2.05) is 19.1 Å². The van der Waals surface area contributed by atoms with Gasteiger partial charge < -0.3 is 9.40 Å². The summed E-state index contributed by atoms with van der Waals surface area (Å²) >= 11 is 0. The van der Waals surface area contributed by atoms with Crippen LogP contribution in [0.1, 0.15) is 5.56 Å². The van der Waals surface area contributed by atoms with Gasteiger partial charge in [0.2, 0.25) is 0 Å². The highest BCUT2D eigenvalue weighted by Gasteiger charge is 2.10. The van der Waals surface area contributed by atoms with E-state index in [9.17, 15) is 0 Å². The molecule has 0 spiro atoms. The first-order valence-electron chi connectivity index (χ1n) is 4.69. The van der Waals surface area contributed by atoms with E-state index in [0.29, 0.717) is 0 Å². The second-order valence-corrected chi connectivity index (χ2v) is 3.41. The number of H-pyrrole nitrogens is 1. The molecule has 3 rings (SSSR count). The molecule has 3 aromatic rings. The van der Waals surface area contributed by atoms with Gasteiger partial charge in [0.1, 0.15) is 0 Å². The van der Waals surface area contributed by atoms with E-state index < -0.39 is 0 Å². The van der Waals surface area contributed by atoms with Gasteiger partial charge in [-0.2, -0.15) is 0 Å². The van der Waals surface area contributed by atoms with Crippen LogP contribution in [0.25, 0.3) is 22.6 Å². The highest BCUT2D eigenvalue weighted by Crippen LogP contribution is 2.23. The van der Waals surface area contributed by atoms with Crippen LogP contribution in [0.15, 0.2) is 35.2 Å². The van der Waals surface area contributed by atoms with Crippen LogP contribution in [-0.2, 0) is 0 Å². The summed E-state index contributed by atoms with van der Waals surface area (Å²) in [5.41, 5.74) is 2.89. The smallest absolute Gasteiger partial charge is 0.174 e. The number of fused-ring (bicyclic) bond motifs is 1. The lowest BCUT2D eigenvalue weighted by Gasteiger charge is -1.90. The van der Waals surface area contributed by atoms with Crippen molar-refractivity contribution < 1.29 is 4.42 Å². The van der Waals surface area contributed by atoms with Gasteiger partial charge in [-0.05, 0) is 24.6 Å². The number of nitrogens with zero attached hydrogens (tertiary/aromatic N) is 2. The molecule has 0 unspecified atom stereocenters. The Bertz CT molecular complexity index is 576. The van der Waals surface area contributed by atoms with E-state index in [0.717, 1.165) is 28.2 Å². The first-order chi connectivity index (χ1) is 7.34. The standard InChI is InChI=1S/C11H9N3O/c1-7-3-5-15-10(7)11-13-8-2-4-12-6-9(8)14-11/h2-6H,1H3,(H,13,14). The lowest BCUT2D eigenvalue weighted by Crippen LogP contribution is -1.78. The summed E-state index contributed by atoms with van der Waals surface area (Å²) in [5, 5.41) is 0. The largest absolute Gasteiger partial charge is 0.461 e. The van der Waals surface area contributed by atoms with Crippen molar-refractivity contribution in [3.8, 4) is 11.6 Å². The summed E-state index contributed by atoms with van der Waals surface area (Å²) in [7, 11) is 0. The van der Waals surface area contributed by atoms with Gasteiger partial charge in [-0.25, -0.2) is 4.98 Å². The monoisotopic (exact) mass is 199 g/mol. The predicted molar refractivity (Wildman–Crippen MR) is 56.3 cm³/mol. The molecule has 0 bridgehead atoms. The Hall–Kier alpha value is -2.10. The SMILES string of the molecule is Cc1ccoc1-c1nc2ccncc2[nH]1. The second kappa shape index (κ2) is 2.95. The average molecular weight is 199 g/mol. The molecule has 0 aromatic carbocycles. The van der Waals surface area contributed by atoms with E-state index in [1.165, 1.54) is 0 Å². The van der Waals surface area contributed by atoms with Crippen molar-refractivity contribution in [1.29, 1.82) is 0 Å². The van der Waals surface area contributed by atoms with Gasteiger partial charge in [0.15, 0.2) is 11.6 Å². The molecular weight excluding hydrogens is 190 g/mol. The molecule has 0 aliphatic carbocycles. The van der Waals surface area contributed by atoms with Crippen molar-refractivity contribution in [2.75, 3.05) is 0 Å². The summed E-state index contributed by atoms with van der Waals surface area (Å²) in [5.74, 6) is 1.53. The minimum Gasteiger partial charge on any atom is -0.461 e. The fraction of sp³-hybridized carbons (Fsp3) is 0.0909. The Morgan fingerprint density at radius 3 is 3.00 bits per heavy atom. The Kier molecular flexibility index (Phi) is 1.62. The van der Waals surface area contributed by atoms with Gasteiger partial charge in [0, 0.05) is 6.20 Å². The zero-order valence-electron chi connectivity index (χ0n) is 8.19. The third kappa shape index (κ3) is 1.22. The molecule has 0 fully saturated rings. The van der Waals surface area contributed by atoms with Gasteiger partial charge in [-0.15, -0.1) is 0 Å². The fourth-order valence-corrected chi connectivity index (χ4v) is 1.58. The number of aryl methyl sites for hydroxylation is 1. The first-order valence-corrected chi connectivity index (χ1v) is 4.69. The second-order valence-electron chi connectivity index (χ2n) is 3.41. The summed E-state index contributed by atoms with van der Waals surface area (Å²) in [6.45, 7) is 1.99. The number of imidazole rings is 1. The number of aromatic nitrogens is 3. The van der Waals surface area contributed by atoms with Crippen LogP contribution in [0.2, 0.25) is 0 Å². The molecular formula is C11H9N3O. The van der Waals surface area contributed by atoms with Crippen molar-refractivity contribution in [3.63, 3.8) is 0 Å². The quantitative estimate of drug-likeness (QED) is 0.655. The third-order valence-corrected chi connectivity index (χ3v) is 2.36. The van der Waals surface area contributed by atoms with Gasteiger partial charge in [0.05, 0.1) is 23.5 Å². The number of aromatic amines is 1. The number of hydrogen-bond acceptors (Lipinski definition) is 3. The number of nitrogens with one attached hydrogen (secondary N) is 1. The number of hydrogen-bond donors (Lipinski definition) is 1. The molecule has 0 aliphatic rings. The van der Waals surface area contributed by atoms with E-state index in [2.05, 4.69) is 15.0 Å². The Balaban J connectivity index is 2.24. The Morgan fingerprint density at radius 1 is 1.33 bits per heavy atom. The summed E-state index contributed by atoms with van der Waals surface area (Å²) in [6.07, 6.45) is 5.14.